The summed E-state index contributed by atoms with van der Waals surface area (Å²) in [7, 11) is 1.63. The molecular formula is C38H36N4O5. The normalized spacial score (nSPS) is 19.3. The average molecular weight is 629 g/mol. The van der Waals surface area contributed by atoms with Crippen LogP contribution in [-0.4, -0.2) is 35.4 Å². The standard InChI is InChI=1S/C38H36N4O5/c1-26-24-42(37(44)41-35(26)43)36-34(40-23-27-12-6-3-7-13-27)32(22-39)33(47-36)25-46-38(28-14-8-4-9-15-28,29-16-10-5-11-17-29)30-18-20-31(45-2)21-19-30/h3-21,24,32-34,36,40H,23,25H2,1-2H3,(H,41,43,44)/t32-,33+,34+,36+/m0/s1. The van der Waals surface area contributed by atoms with E-state index in [1.165, 1.54) is 10.8 Å². The van der Waals surface area contributed by atoms with Crippen LogP contribution in [0.4, 0.5) is 0 Å². The van der Waals surface area contributed by atoms with Gasteiger partial charge in [0, 0.05) is 18.3 Å². The van der Waals surface area contributed by atoms with Crippen molar-refractivity contribution in [1.82, 2.24) is 14.9 Å². The molecule has 1 fully saturated rings. The zero-order chi connectivity index (χ0) is 32.8. The van der Waals surface area contributed by atoms with Gasteiger partial charge in [-0.1, -0.05) is 103 Å². The molecule has 2 heterocycles. The Balaban J connectivity index is 1.41. The number of H-pyrrole nitrogens is 1. The number of nitrogens with zero attached hydrogens (tertiary/aromatic N) is 2. The molecule has 47 heavy (non-hydrogen) atoms. The summed E-state index contributed by atoms with van der Waals surface area (Å²) in [5.41, 5.74) is 1.87. The molecule has 0 bridgehead atoms. The van der Waals surface area contributed by atoms with Gasteiger partial charge in [-0.2, -0.15) is 5.26 Å². The molecule has 0 amide bonds. The van der Waals surface area contributed by atoms with Gasteiger partial charge in [-0.3, -0.25) is 14.3 Å². The number of aromatic amines is 1. The quantitative estimate of drug-likeness (QED) is 0.196. The Morgan fingerprint density at radius 1 is 0.872 bits per heavy atom. The third kappa shape index (κ3) is 6.40. The van der Waals surface area contributed by atoms with Gasteiger partial charge in [0.2, 0.25) is 0 Å². The summed E-state index contributed by atoms with van der Waals surface area (Å²) >= 11 is 0. The van der Waals surface area contributed by atoms with E-state index in [0.717, 1.165) is 22.3 Å². The van der Waals surface area contributed by atoms with Crippen LogP contribution in [0.5, 0.6) is 5.75 Å². The molecule has 2 N–H and O–H groups in total. The number of aromatic nitrogens is 2. The summed E-state index contributed by atoms with van der Waals surface area (Å²) in [6.07, 6.45) is -0.137. The summed E-state index contributed by atoms with van der Waals surface area (Å²) in [6.45, 7) is 2.09. The van der Waals surface area contributed by atoms with E-state index in [9.17, 15) is 14.9 Å². The number of ether oxygens (including phenoxy) is 3. The molecule has 4 aromatic carbocycles. The monoisotopic (exact) mass is 628 g/mol. The first kappa shape index (κ1) is 31.7. The van der Waals surface area contributed by atoms with Gasteiger partial charge in [0.05, 0.1) is 31.7 Å². The second-order valence-electron chi connectivity index (χ2n) is 11.5. The van der Waals surface area contributed by atoms with Crippen LogP contribution in [-0.2, 0) is 21.6 Å². The van der Waals surface area contributed by atoms with Crippen molar-refractivity contribution in [3.63, 3.8) is 0 Å². The Labute approximate surface area is 273 Å². The van der Waals surface area contributed by atoms with Crippen LogP contribution >= 0.6 is 0 Å². The zero-order valence-corrected chi connectivity index (χ0v) is 26.2. The molecule has 0 aliphatic carbocycles. The Bertz CT molecular complexity index is 1900. The van der Waals surface area contributed by atoms with Crippen LogP contribution < -0.4 is 21.3 Å². The van der Waals surface area contributed by atoms with E-state index in [1.54, 1.807) is 14.0 Å². The summed E-state index contributed by atoms with van der Waals surface area (Å²) in [4.78, 5) is 27.7. The summed E-state index contributed by atoms with van der Waals surface area (Å²) in [5.74, 6) is 0.00668. The molecule has 0 saturated carbocycles. The Morgan fingerprint density at radius 2 is 1.45 bits per heavy atom. The topological polar surface area (TPSA) is 118 Å². The smallest absolute Gasteiger partial charge is 0.330 e. The van der Waals surface area contributed by atoms with Gasteiger partial charge in [0.25, 0.3) is 5.56 Å². The van der Waals surface area contributed by atoms with E-state index >= 15 is 0 Å². The lowest BCUT2D eigenvalue weighted by molar-refractivity contribution is -0.0830. The van der Waals surface area contributed by atoms with Crippen LogP contribution in [0.3, 0.4) is 0 Å². The second-order valence-corrected chi connectivity index (χ2v) is 11.5. The van der Waals surface area contributed by atoms with Gasteiger partial charge < -0.3 is 19.5 Å². The van der Waals surface area contributed by atoms with E-state index in [1.807, 2.05) is 115 Å². The number of hydrogen-bond donors (Lipinski definition) is 2. The first-order valence-electron chi connectivity index (χ1n) is 15.5. The number of hydrogen-bond acceptors (Lipinski definition) is 7. The molecular weight excluding hydrogens is 592 g/mol. The molecule has 1 saturated heterocycles. The van der Waals surface area contributed by atoms with Crippen molar-refractivity contribution in [3.05, 3.63) is 170 Å². The average Bonchev–Trinajstić information content (AvgIpc) is 3.47. The van der Waals surface area contributed by atoms with Gasteiger partial charge in [0.1, 0.15) is 17.5 Å². The third-order valence-electron chi connectivity index (χ3n) is 8.68. The number of nitrogens with one attached hydrogen (secondary N) is 2. The van der Waals surface area contributed by atoms with Crippen molar-refractivity contribution >= 4 is 0 Å². The molecule has 0 spiro atoms. The highest BCUT2D eigenvalue weighted by atomic mass is 16.6. The lowest BCUT2D eigenvalue weighted by Crippen LogP contribution is -2.43. The first-order chi connectivity index (χ1) is 22.9. The van der Waals surface area contributed by atoms with Gasteiger partial charge in [-0.05, 0) is 41.3 Å². The molecule has 9 heteroatoms. The maximum atomic E-state index is 13.1. The molecule has 6 rings (SSSR count). The summed E-state index contributed by atoms with van der Waals surface area (Å²) < 4.78 is 20.4. The maximum Gasteiger partial charge on any atom is 0.330 e. The Kier molecular flexibility index (Phi) is 9.45. The number of benzene rings is 4. The van der Waals surface area contributed by atoms with Gasteiger partial charge in [-0.15, -0.1) is 0 Å². The maximum absolute atomic E-state index is 13.1. The highest BCUT2D eigenvalue weighted by Crippen LogP contribution is 2.43. The highest BCUT2D eigenvalue weighted by Gasteiger charge is 2.48. The van der Waals surface area contributed by atoms with Crippen molar-refractivity contribution in [2.75, 3.05) is 13.7 Å². The predicted octanol–water partition coefficient (Wildman–Crippen LogP) is 5.06. The minimum Gasteiger partial charge on any atom is -0.497 e. The minimum atomic E-state index is -1.07. The van der Waals surface area contributed by atoms with Gasteiger partial charge in [-0.25, -0.2) is 4.79 Å². The fourth-order valence-electron chi connectivity index (χ4n) is 6.27. The van der Waals surface area contributed by atoms with Crippen molar-refractivity contribution in [1.29, 1.82) is 5.26 Å². The first-order valence-corrected chi connectivity index (χ1v) is 15.5. The van der Waals surface area contributed by atoms with Crippen molar-refractivity contribution in [2.24, 2.45) is 5.92 Å². The fourth-order valence-corrected chi connectivity index (χ4v) is 6.27. The van der Waals surface area contributed by atoms with Crippen molar-refractivity contribution < 1.29 is 14.2 Å². The van der Waals surface area contributed by atoms with E-state index < -0.39 is 41.1 Å². The lowest BCUT2D eigenvalue weighted by Gasteiger charge is -2.37. The molecule has 1 aromatic heterocycles. The number of nitriles is 1. The van der Waals surface area contributed by atoms with E-state index in [0.29, 0.717) is 17.9 Å². The zero-order valence-electron chi connectivity index (χ0n) is 26.2. The SMILES string of the molecule is COc1ccc(C(OC[C@H]2O[C@@H](n3cc(C)c(=O)[nH]c3=O)[C@H](NCc3ccccc3)[C@H]2C#N)(c2ccccc2)c2ccccc2)cc1. The summed E-state index contributed by atoms with van der Waals surface area (Å²) in [5, 5.41) is 14.1. The van der Waals surface area contributed by atoms with Crippen LogP contribution in [0.25, 0.3) is 0 Å². The molecule has 238 valence electrons. The molecule has 4 atom stereocenters. The van der Waals surface area contributed by atoms with Crippen molar-refractivity contribution in [3.8, 4) is 11.8 Å². The van der Waals surface area contributed by atoms with E-state index in [2.05, 4.69) is 16.4 Å². The van der Waals surface area contributed by atoms with Gasteiger partial charge in [0.15, 0.2) is 6.23 Å². The van der Waals surface area contributed by atoms with Crippen LogP contribution in [0, 0.1) is 24.2 Å². The van der Waals surface area contributed by atoms with Crippen LogP contribution in [0.15, 0.2) is 131 Å². The fraction of sp³-hybridized carbons (Fsp3) is 0.237. The highest BCUT2D eigenvalue weighted by molar-refractivity contribution is 5.48. The Morgan fingerprint density at radius 3 is 2.02 bits per heavy atom. The predicted molar refractivity (Wildman–Crippen MR) is 178 cm³/mol. The number of aryl methyl sites for hydroxylation is 1. The van der Waals surface area contributed by atoms with E-state index in [4.69, 9.17) is 14.2 Å². The molecule has 9 nitrogen and oxygen atoms in total. The number of methoxy groups -OCH3 is 1. The van der Waals surface area contributed by atoms with Crippen LogP contribution in [0.1, 0.15) is 34.0 Å². The molecule has 0 radical (unpaired) electrons. The molecule has 0 unspecified atom stereocenters. The minimum absolute atomic E-state index is 0.0190. The Hall–Kier alpha value is -5.27. The van der Waals surface area contributed by atoms with Crippen LogP contribution in [0.2, 0.25) is 0 Å². The molecule has 5 aromatic rings. The molecule has 1 aliphatic rings. The summed E-state index contributed by atoms with van der Waals surface area (Å²) in [6, 6.07) is 39.2. The van der Waals surface area contributed by atoms with E-state index in [-0.39, 0.29) is 6.61 Å². The second kappa shape index (κ2) is 14.0. The molecule has 1 aliphatic heterocycles. The number of rotatable bonds is 11. The third-order valence-corrected chi connectivity index (χ3v) is 8.68. The van der Waals surface area contributed by atoms with Gasteiger partial charge >= 0.3 is 5.69 Å². The van der Waals surface area contributed by atoms with Crippen molar-refractivity contribution in [2.45, 2.75) is 37.4 Å². The lowest BCUT2D eigenvalue weighted by atomic mass is 9.80. The largest absolute Gasteiger partial charge is 0.497 e.